The maximum atomic E-state index is 12.5. The summed E-state index contributed by atoms with van der Waals surface area (Å²) < 4.78 is 12.5. The number of nitrogens with one attached hydrogen (secondary N) is 1. The number of rotatable bonds is 3. The summed E-state index contributed by atoms with van der Waals surface area (Å²) in [5, 5.41) is 11.2. The van der Waals surface area contributed by atoms with Gasteiger partial charge in [-0.25, -0.2) is 9.18 Å². The predicted octanol–water partition coefficient (Wildman–Crippen LogP) is 1.29. The molecule has 0 aromatic carbocycles. The minimum atomic E-state index is -0.872. The van der Waals surface area contributed by atoms with E-state index in [-0.39, 0.29) is 24.5 Å². The standard InChI is InChI=1S/C10H16FN3O/c1-10(2,3-4-12)7-13-9(15)14-5-8(11)6-14/h8H,3,5-7H2,1-2H3,(H,13,15). The van der Waals surface area contributed by atoms with Crippen LogP contribution in [0.4, 0.5) is 9.18 Å². The van der Waals surface area contributed by atoms with Gasteiger partial charge in [0.05, 0.1) is 19.2 Å². The summed E-state index contributed by atoms with van der Waals surface area (Å²) in [7, 11) is 0. The Balaban J connectivity index is 2.25. The Kier molecular flexibility index (Phi) is 3.51. The van der Waals surface area contributed by atoms with E-state index in [1.54, 1.807) is 0 Å². The highest BCUT2D eigenvalue weighted by Gasteiger charge is 2.31. The minimum Gasteiger partial charge on any atom is -0.337 e. The van der Waals surface area contributed by atoms with E-state index in [0.717, 1.165) is 0 Å². The first kappa shape index (κ1) is 11.8. The summed E-state index contributed by atoms with van der Waals surface area (Å²) in [6.07, 6.45) is -0.484. The maximum absolute atomic E-state index is 12.5. The van der Waals surface area contributed by atoms with Gasteiger partial charge in [0.1, 0.15) is 6.17 Å². The van der Waals surface area contributed by atoms with E-state index in [1.165, 1.54) is 4.90 Å². The summed E-state index contributed by atoms with van der Waals surface area (Å²) in [5.41, 5.74) is -0.232. The first-order chi connectivity index (χ1) is 6.94. The molecule has 0 aliphatic carbocycles. The molecule has 0 atom stereocenters. The second-order valence-electron chi connectivity index (χ2n) is 4.66. The van der Waals surface area contributed by atoms with Gasteiger partial charge in [-0.1, -0.05) is 13.8 Å². The Labute approximate surface area is 89.0 Å². The van der Waals surface area contributed by atoms with Gasteiger partial charge in [0, 0.05) is 13.0 Å². The molecule has 1 rings (SSSR count). The number of amides is 2. The Morgan fingerprint density at radius 1 is 1.67 bits per heavy atom. The smallest absolute Gasteiger partial charge is 0.317 e. The second-order valence-corrected chi connectivity index (χ2v) is 4.66. The summed E-state index contributed by atoms with van der Waals surface area (Å²) >= 11 is 0. The van der Waals surface area contributed by atoms with Crippen LogP contribution in [-0.2, 0) is 0 Å². The van der Waals surface area contributed by atoms with Crippen molar-refractivity contribution in [2.45, 2.75) is 26.4 Å². The molecule has 0 unspecified atom stereocenters. The van der Waals surface area contributed by atoms with Crippen LogP contribution in [0.5, 0.6) is 0 Å². The van der Waals surface area contributed by atoms with E-state index in [4.69, 9.17) is 5.26 Å². The van der Waals surface area contributed by atoms with E-state index in [1.807, 2.05) is 13.8 Å². The lowest BCUT2D eigenvalue weighted by Gasteiger charge is -2.35. The van der Waals surface area contributed by atoms with Gasteiger partial charge in [-0.2, -0.15) is 5.26 Å². The van der Waals surface area contributed by atoms with Crippen molar-refractivity contribution in [2.75, 3.05) is 19.6 Å². The number of carbonyl (C=O) groups is 1. The van der Waals surface area contributed by atoms with Crippen molar-refractivity contribution in [2.24, 2.45) is 5.41 Å². The molecule has 0 radical (unpaired) electrons. The number of likely N-dealkylation sites (tertiary alicyclic amines) is 1. The first-order valence-corrected chi connectivity index (χ1v) is 4.98. The van der Waals surface area contributed by atoms with E-state index in [0.29, 0.717) is 13.0 Å². The molecule has 15 heavy (non-hydrogen) atoms. The first-order valence-electron chi connectivity index (χ1n) is 4.98. The van der Waals surface area contributed by atoms with Crippen LogP contribution in [0, 0.1) is 16.7 Å². The number of carbonyl (C=O) groups excluding carboxylic acids is 1. The van der Waals surface area contributed by atoms with Crippen LogP contribution in [0.25, 0.3) is 0 Å². The number of hydrogen-bond acceptors (Lipinski definition) is 2. The molecular formula is C10H16FN3O. The van der Waals surface area contributed by atoms with Crippen LogP contribution in [0.1, 0.15) is 20.3 Å². The van der Waals surface area contributed by atoms with Crippen LogP contribution in [-0.4, -0.2) is 36.7 Å². The quantitative estimate of drug-likeness (QED) is 0.768. The normalized spacial score (nSPS) is 16.8. The van der Waals surface area contributed by atoms with Gasteiger partial charge in [-0.15, -0.1) is 0 Å². The number of nitriles is 1. The Hall–Kier alpha value is -1.31. The van der Waals surface area contributed by atoms with Crippen LogP contribution >= 0.6 is 0 Å². The van der Waals surface area contributed by atoms with Crippen LogP contribution in [0.15, 0.2) is 0 Å². The lowest BCUT2D eigenvalue weighted by atomic mass is 9.90. The van der Waals surface area contributed by atoms with E-state index in [9.17, 15) is 9.18 Å². The monoisotopic (exact) mass is 213 g/mol. The highest BCUT2D eigenvalue weighted by Crippen LogP contribution is 2.18. The van der Waals surface area contributed by atoms with Gasteiger partial charge < -0.3 is 10.2 Å². The molecule has 1 fully saturated rings. The molecular weight excluding hydrogens is 197 g/mol. The minimum absolute atomic E-state index is 0.185. The van der Waals surface area contributed by atoms with Crippen molar-refractivity contribution in [1.82, 2.24) is 10.2 Å². The molecule has 1 aliphatic heterocycles. The highest BCUT2D eigenvalue weighted by molar-refractivity contribution is 5.75. The zero-order valence-corrected chi connectivity index (χ0v) is 9.09. The van der Waals surface area contributed by atoms with Crippen molar-refractivity contribution in [3.8, 4) is 6.07 Å². The van der Waals surface area contributed by atoms with Crippen LogP contribution in [0.2, 0.25) is 0 Å². The van der Waals surface area contributed by atoms with Crippen molar-refractivity contribution >= 4 is 6.03 Å². The summed E-state index contributed by atoms with van der Waals surface area (Å²) in [6.45, 7) is 4.62. The fourth-order valence-electron chi connectivity index (χ4n) is 1.29. The SMILES string of the molecule is CC(C)(CC#N)CNC(=O)N1CC(F)C1. The fourth-order valence-corrected chi connectivity index (χ4v) is 1.29. The van der Waals surface area contributed by atoms with Gasteiger partial charge in [0.15, 0.2) is 0 Å². The lowest BCUT2D eigenvalue weighted by Crippen LogP contribution is -2.56. The van der Waals surface area contributed by atoms with Crippen molar-refractivity contribution < 1.29 is 9.18 Å². The zero-order chi connectivity index (χ0) is 11.5. The molecule has 1 aliphatic rings. The Bertz CT molecular complexity index is 279. The molecule has 0 bridgehead atoms. The number of urea groups is 1. The second kappa shape index (κ2) is 4.47. The average Bonchev–Trinajstić information content (AvgIpc) is 2.09. The van der Waals surface area contributed by atoms with Gasteiger partial charge in [0.25, 0.3) is 0 Å². The topological polar surface area (TPSA) is 56.1 Å². The summed E-state index contributed by atoms with van der Waals surface area (Å²) in [4.78, 5) is 12.8. The van der Waals surface area contributed by atoms with E-state index >= 15 is 0 Å². The average molecular weight is 213 g/mol. The summed E-state index contributed by atoms with van der Waals surface area (Å²) in [6, 6.07) is 1.83. The van der Waals surface area contributed by atoms with Gasteiger partial charge in [0.2, 0.25) is 0 Å². The third kappa shape index (κ3) is 3.39. The van der Waals surface area contributed by atoms with Crippen molar-refractivity contribution in [3.05, 3.63) is 0 Å². The van der Waals surface area contributed by atoms with Gasteiger partial charge in [-0.05, 0) is 5.41 Å². The zero-order valence-electron chi connectivity index (χ0n) is 9.09. The Morgan fingerprint density at radius 3 is 2.73 bits per heavy atom. The summed E-state index contributed by atoms with van der Waals surface area (Å²) in [5.74, 6) is 0. The molecule has 84 valence electrons. The van der Waals surface area contributed by atoms with Gasteiger partial charge in [-0.3, -0.25) is 0 Å². The molecule has 0 aromatic rings. The van der Waals surface area contributed by atoms with E-state index in [2.05, 4.69) is 11.4 Å². The third-order valence-corrected chi connectivity index (χ3v) is 2.40. The molecule has 1 saturated heterocycles. The largest absolute Gasteiger partial charge is 0.337 e. The third-order valence-electron chi connectivity index (χ3n) is 2.40. The molecule has 4 nitrogen and oxygen atoms in total. The molecule has 0 aromatic heterocycles. The molecule has 2 amide bonds. The molecule has 1 N–H and O–H groups in total. The highest BCUT2D eigenvalue weighted by atomic mass is 19.1. The van der Waals surface area contributed by atoms with E-state index < -0.39 is 6.17 Å². The molecule has 5 heteroatoms. The lowest BCUT2D eigenvalue weighted by molar-refractivity contribution is 0.0882. The number of hydrogen-bond donors (Lipinski definition) is 1. The fraction of sp³-hybridized carbons (Fsp3) is 0.800. The number of nitrogens with zero attached hydrogens (tertiary/aromatic N) is 2. The van der Waals surface area contributed by atoms with Gasteiger partial charge >= 0.3 is 6.03 Å². The molecule has 0 spiro atoms. The molecule has 1 heterocycles. The van der Waals surface area contributed by atoms with Crippen LogP contribution in [0.3, 0.4) is 0 Å². The number of halogens is 1. The number of alkyl halides is 1. The predicted molar refractivity (Wildman–Crippen MR) is 53.9 cm³/mol. The molecule has 0 saturated carbocycles. The van der Waals surface area contributed by atoms with Crippen molar-refractivity contribution in [3.63, 3.8) is 0 Å². The maximum Gasteiger partial charge on any atom is 0.317 e. The van der Waals surface area contributed by atoms with Crippen LogP contribution < -0.4 is 5.32 Å². The Morgan fingerprint density at radius 2 is 2.27 bits per heavy atom. The van der Waals surface area contributed by atoms with Crippen molar-refractivity contribution in [1.29, 1.82) is 5.26 Å².